The second-order valence-corrected chi connectivity index (χ2v) is 7.03. The average molecular weight is 321 g/mol. The molecule has 3 heteroatoms. The van der Waals surface area contributed by atoms with Gasteiger partial charge in [-0.15, -0.1) is 0 Å². The summed E-state index contributed by atoms with van der Waals surface area (Å²) in [5, 5.41) is 1.01. The quantitative estimate of drug-likeness (QED) is 0.664. The Hall–Kier alpha value is -2.55. The van der Waals surface area contributed by atoms with E-state index in [-0.39, 0.29) is 11.4 Å². The molecule has 0 fully saturated rings. The summed E-state index contributed by atoms with van der Waals surface area (Å²) in [7, 11) is 0. The predicted molar refractivity (Wildman–Crippen MR) is 98.4 cm³/mol. The number of ether oxygens (including phenoxy) is 1. The molecule has 3 aromatic rings. The van der Waals surface area contributed by atoms with Gasteiger partial charge in [0.2, 0.25) is 0 Å². The molecule has 0 spiro atoms. The van der Waals surface area contributed by atoms with Crippen molar-refractivity contribution in [1.29, 1.82) is 0 Å². The van der Waals surface area contributed by atoms with E-state index in [1.165, 1.54) is 11.1 Å². The molecule has 0 aliphatic rings. The molecule has 0 unspecified atom stereocenters. The Morgan fingerprint density at radius 2 is 1.67 bits per heavy atom. The van der Waals surface area contributed by atoms with Gasteiger partial charge in [-0.25, -0.2) is 4.79 Å². The van der Waals surface area contributed by atoms with E-state index >= 15 is 0 Å². The molecule has 0 atom stereocenters. The van der Waals surface area contributed by atoms with Gasteiger partial charge in [-0.1, -0.05) is 51.1 Å². The number of esters is 1. The summed E-state index contributed by atoms with van der Waals surface area (Å²) in [6, 6.07) is 16.7. The summed E-state index contributed by atoms with van der Waals surface area (Å²) in [5.41, 5.74) is 5.21. The summed E-state index contributed by atoms with van der Waals surface area (Å²) in [5.74, 6) is -0.315. The van der Waals surface area contributed by atoms with Crippen LogP contribution in [-0.2, 0) is 10.2 Å². The number of aromatic amines is 1. The number of aromatic nitrogens is 1. The normalized spacial score (nSPS) is 11.7. The fraction of sp³-hybridized carbons (Fsp3) is 0.286. The zero-order chi connectivity index (χ0) is 17.3. The van der Waals surface area contributed by atoms with Gasteiger partial charge in [-0.05, 0) is 47.2 Å². The SMILES string of the molecule is CCOC(=O)c1cc2cc(-c3ccc(C(C)(C)C)cc3)ccc2[nH]1. The molecule has 0 aliphatic heterocycles. The molecular weight excluding hydrogens is 298 g/mol. The van der Waals surface area contributed by atoms with Crippen molar-refractivity contribution in [2.45, 2.75) is 33.1 Å². The van der Waals surface area contributed by atoms with Crippen LogP contribution in [0.3, 0.4) is 0 Å². The smallest absolute Gasteiger partial charge is 0.354 e. The van der Waals surface area contributed by atoms with Crippen molar-refractivity contribution in [2.75, 3.05) is 6.61 Å². The fourth-order valence-corrected chi connectivity index (χ4v) is 2.79. The number of hydrogen-bond acceptors (Lipinski definition) is 2. The highest BCUT2D eigenvalue weighted by Crippen LogP contribution is 2.28. The summed E-state index contributed by atoms with van der Waals surface area (Å²) in [4.78, 5) is 15.0. The average Bonchev–Trinajstić information content (AvgIpc) is 2.97. The van der Waals surface area contributed by atoms with Gasteiger partial charge >= 0.3 is 5.97 Å². The van der Waals surface area contributed by atoms with Gasteiger partial charge < -0.3 is 9.72 Å². The molecule has 0 saturated carbocycles. The molecule has 2 aromatic carbocycles. The minimum Gasteiger partial charge on any atom is -0.461 e. The Kier molecular flexibility index (Phi) is 4.18. The Balaban J connectivity index is 1.94. The van der Waals surface area contributed by atoms with Gasteiger partial charge in [0.15, 0.2) is 0 Å². The van der Waals surface area contributed by atoms with Crippen molar-refractivity contribution < 1.29 is 9.53 Å². The first-order valence-electron chi connectivity index (χ1n) is 8.29. The largest absolute Gasteiger partial charge is 0.461 e. The van der Waals surface area contributed by atoms with Gasteiger partial charge in [0.05, 0.1) is 6.61 Å². The van der Waals surface area contributed by atoms with Crippen LogP contribution < -0.4 is 0 Å². The number of H-pyrrole nitrogens is 1. The molecule has 3 nitrogen and oxygen atoms in total. The maximum Gasteiger partial charge on any atom is 0.354 e. The Bertz CT molecular complexity index is 867. The van der Waals surface area contributed by atoms with Gasteiger partial charge in [0.25, 0.3) is 0 Å². The van der Waals surface area contributed by atoms with E-state index in [0.717, 1.165) is 16.5 Å². The van der Waals surface area contributed by atoms with E-state index in [9.17, 15) is 4.79 Å². The Labute approximate surface area is 142 Å². The number of carbonyl (C=O) groups excluding carboxylic acids is 1. The third-order valence-electron chi connectivity index (χ3n) is 4.20. The molecule has 1 heterocycles. The predicted octanol–water partition coefficient (Wildman–Crippen LogP) is 5.31. The first-order valence-corrected chi connectivity index (χ1v) is 8.29. The van der Waals surface area contributed by atoms with E-state index in [0.29, 0.717) is 12.3 Å². The van der Waals surface area contributed by atoms with E-state index < -0.39 is 0 Å². The highest BCUT2D eigenvalue weighted by Gasteiger charge is 2.14. The molecule has 124 valence electrons. The maximum atomic E-state index is 11.8. The molecule has 0 bridgehead atoms. The lowest BCUT2D eigenvalue weighted by Gasteiger charge is -2.19. The number of fused-ring (bicyclic) bond motifs is 1. The second-order valence-electron chi connectivity index (χ2n) is 7.03. The van der Waals surface area contributed by atoms with Crippen molar-refractivity contribution >= 4 is 16.9 Å². The lowest BCUT2D eigenvalue weighted by atomic mass is 9.86. The van der Waals surface area contributed by atoms with Crippen molar-refractivity contribution in [2.24, 2.45) is 0 Å². The van der Waals surface area contributed by atoms with Gasteiger partial charge in [0, 0.05) is 10.9 Å². The number of hydrogen-bond donors (Lipinski definition) is 1. The molecule has 3 rings (SSSR count). The van der Waals surface area contributed by atoms with Crippen LogP contribution in [0.15, 0.2) is 48.5 Å². The molecule has 1 aromatic heterocycles. The van der Waals surface area contributed by atoms with Gasteiger partial charge in [-0.2, -0.15) is 0 Å². The van der Waals surface area contributed by atoms with Crippen LogP contribution in [0.1, 0.15) is 43.7 Å². The summed E-state index contributed by atoms with van der Waals surface area (Å²) in [6.45, 7) is 8.82. The first-order chi connectivity index (χ1) is 11.4. The minimum absolute atomic E-state index is 0.150. The van der Waals surface area contributed by atoms with Crippen LogP contribution in [0, 0.1) is 0 Å². The van der Waals surface area contributed by atoms with Crippen LogP contribution >= 0.6 is 0 Å². The second kappa shape index (κ2) is 6.16. The standard InChI is InChI=1S/C21H23NO2/c1-5-24-20(23)19-13-16-12-15(8-11-18(16)22-19)14-6-9-17(10-7-14)21(2,3)4/h6-13,22H,5H2,1-4H3. The van der Waals surface area contributed by atoms with E-state index in [1.807, 2.05) is 12.1 Å². The molecule has 0 amide bonds. The first kappa shape index (κ1) is 16.3. The highest BCUT2D eigenvalue weighted by atomic mass is 16.5. The Morgan fingerprint density at radius 1 is 1.00 bits per heavy atom. The zero-order valence-corrected chi connectivity index (χ0v) is 14.6. The fourth-order valence-electron chi connectivity index (χ4n) is 2.79. The number of rotatable bonds is 3. The third-order valence-corrected chi connectivity index (χ3v) is 4.20. The number of carbonyl (C=O) groups is 1. The van der Waals surface area contributed by atoms with E-state index in [1.54, 1.807) is 6.92 Å². The number of nitrogens with one attached hydrogen (secondary N) is 1. The Morgan fingerprint density at radius 3 is 2.29 bits per heavy atom. The summed E-state index contributed by atoms with van der Waals surface area (Å²) < 4.78 is 5.05. The summed E-state index contributed by atoms with van der Waals surface area (Å²) in [6.07, 6.45) is 0. The van der Waals surface area contributed by atoms with Crippen LogP contribution in [0.5, 0.6) is 0 Å². The molecule has 0 aliphatic carbocycles. The zero-order valence-electron chi connectivity index (χ0n) is 14.6. The molecule has 24 heavy (non-hydrogen) atoms. The topological polar surface area (TPSA) is 42.1 Å². The van der Waals surface area contributed by atoms with Crippen LogP contribution in [0.2, 0.25) is 0 Å². The minimum atomic E-state index is -0.315. The third kappa shape index (κ3) is 3.21. The van der Waals surface area contributed by atoms with Gasteiger partial charge in [0.1, 0.15) is 5.69 Å². The van der Waals surface area contributed by atoms with Crippen LogP contribution in [-0.4, -0.2) is 17.6 Å². The molecule has 1 N–H and O–H groups in total. The maximum absolute atomic E-state index is 11.8. The molecular formula is C21H23NO2. The van der Waals surface area contributed by atoms with Gasteiger partial charge in [-0.3, -0.25) is 0 Å². The lowest BCUT2D eigenvalue weighted by Crippen LogP contribution is -2.10. The van der Waals surface area contributed by atoms with E-state index in [4.69, 9.17) is 4.74 Å². The van der Waals surface area contributed by atoms with Crippen LogP contribution in [0.4, 0.5) is 0 Å². The monoisotopic (exact) mass is 321 g/mol. The van der Waals surface area contributed by atoms with Crippen molar-refractivity contribution in [1.82, 2.24) is 4.98 Å². The highest BCUT2D eigenvalue weighted by molar-refractivity contribution is 5.96. The number of benzene rings is 2. The van der Waals surface area contributed by atoms with Crippen LogP contribution in [0.25, 0.3) is 22.0 Å². The lowest BCUT2D eigenvalue weighted by molar-refractivity contribution is 0.0520. The molecule has 0 saturated heterocycles. The van der Waals surface area contributed by atoms with Crippen molar-refractivity contribution in [3.8, 4) is 11.1 Å². The molecule has 0 radical (unpaired) electrons. The van der Waals surface area contributed by atoms with Crippen molar-refractivity contribution in [3.63, 3.8) is 0 Å². The van der Waals surface area contributed by atoms with Crippen molar-refractivity contribution in [3.05, 3.63) is 59.8 Å². The summed E-state index contributed by atoms with van der Waals surface area (Å²) >= 11 is 0. The van der Waals surface area contributed by atoms with E-state index in [2.05, 4.69) is 62.2 Å².